The summed E-state index contributed by atoms with van der Waals surface area (Å²) in [6.45, 7) is 1.36. The average Bonchev–Trinajstić information content (AvgIpc) is 2.13. The van der Waals surface area contributed by atoms with Gasteiger partial charge in [0.15, 0.2) is 0 Å². The van der Waals surface area contributed by atoms with E-state index in [1.807, 2.05) is 0 Å². The first-order valence-corrected chi connectivity index (χ1v) is 2.79. The monoisotopic (exact) mass is 145 g/mol. The number of carbonyl (C=O) groups excluding carboxylic acids is 2. The minimum atomic E-state index is -0.606. The fraction of sp³-hybridized carbons (Fsp3) is 0.600. The van der Waals surface area contributed by atoms with Gasteiger partial charge in [0.05, 0.1) is 0 Å². The first kappa shape index (κ1) is 6.85. The normalized spacial score (nSPS) is 23.3. The second-order valence-electron chi connectivity index (χ2n) is 1.84. The standard InChI is InChI=1S/C5H7NO4/c1-3(7)10-4-2-9-5(8)6-4/h4H,2H2,1H3,(H,6,8)/t4-/m0/s1. The van der Waals surface area contributed by atoms with Crippen LogP contribution in [0.4, 0.5) is 4.79 Å². The molecule has 1 saturated heterocycles. The third-order valence-corrected chi connectivity index (χ3v) is 0.953. The Morgan fingerprint density at radius 3 is 3.00 bits per heavy atom. The highest BCUT2D eigenvalue weighted by Crippen LogP contribution is 1.98. The second-order valence-corrected chi connectivity index (χ2v) is 1.84. The van der Waals surface area contributed by atoms with Gasteiger partial charge >= 0.3 is 12.1 Å². The minimum absolute atomic E-state index is 0.0956. The molecule has 1 amide bonds. The molecule has 5 nitrogen and oxygen atoms in total. The Hall–Kier alpha value is -1.26. The second kappa shape index (κ2) is 2.55. The van der Waals surface area contributed by atoms with Gasteiger partial charge in [-0.1, -0.05) is 0 Å². The molecule has 10 heavy (non-hydrogen) atoms. The number of cyclic esters (lactones) is 1. The Kier molecular flexibility index (Phi) is 1.75. The number of rotatable bonds is 1. The lowest BCUT2D eigenvalue weighted by atomic mass is 10.6. The van der Waals surface area contributed by atoms with E-state index < -0.39 is 18.3 Å². The molecule has 0 radical (unpaired) electrons. The first-order valence-electron chi connectivity index (χ1n) is 2.79. The quantitative estimate of drug-likeness (QED) is 0.510. The van der Waals surface area contributed by atoms with Crippen molar-refractivity contribution in [1.29, 1.82) is 0 Å². The maximum Gasteiger partial charge on any atom is 0.410 e. The fourth-order valence-electron chi connectivity index (χ4n) is 0.630. The first-order chi connectivity index (χ1) is 4.68. The van der Waals surface area contributed by atoms with Crippen molar-refractivity contribution in [1.82, 2.24) is 5.32 Å². The van der Waals surface area contributed by atoms with Gasteiger partial charge in [0.25, 0.3) is 0 Å². The van der Waals surface area contributed by atoms with Crippen molar-refractivity contribution in [2.45, 2.75) is 13.2 Å². The van der Waals surface area contributed by atoms with Crippen LogP contribution in [0.3, 0.4) is 0 Å². The van der Waals surface area contributed by atoms with Gasteiger partial charge in [-0.15, -0.1) is 0 Å². The van der Waals surface area contributed by atoms with Gasteiger partial charge < -0.3 is 9.47 Å². The highest BCUT2D eigenvalue weighted by atomic mass is 16.6. The van der Waals surface area contributed by atoms with E-state index in [9.17, 15) is 9.59 Å². The van der Waals surface area contributed by atoms with Crippen LogP contribution in [0, 0.1) is 0 Å². The van der Waals surface area contributed by atoms with Crippen LogP contribution >= 0.6 is 0 Å². The van der Waals surface area contributed by atoms with Crippen LogP contribution < -0.4 is 5.32 Å². The Labute approximate surface area is 57.3 Å². The van der Waals surface area contributed by atoms with Gasteiger partial charge in [-0.05, 0) is 0 Å². The molecule has 1 atom stereocenters. The van der Waals surface area contributed by atoms with Gasteiger partial charge in [0.2, 0.25) is 6.23 Å². The summed E-state index contributed by atoms with van der Waals surface area (Å²) in [5.41, 5.74) is 0. The molecule has 0 unspecified atom stereocenters. The maximum atomic E-state index is 10.3. The third kappa shape index (κ3) is 1.61. The summed E-state index contributed by atoms with van der Waals surface area (Å²) in [6.07, 6.45) is -1.16. The van der Waals surface area contributed by atoms with Crippen molar-refractivity contribution in [2.24, 2.45) is 0 Å². The molecule has 0 spiro atoms. The van der Waals surface area contributed by atoms with Crippen LogP contribution in [0.1, 0.15) is 6.92 Å². The molecule has 1 aliphatic heterocycles. The van der Waals surface area contributed by atoms with Crippen LogP contribution in [0.15, 0.2) is 0 Å². The summed E-state index contributed by atoms with van der Waals surface area (Å²) in [6, 6.07) is 0. The molecule has 0 bridgehead atoms. The smallest absolute Gasteiger partial charge is 0.410 e. The maximum absolute atomic E-state index is 10.3. The molecule has 0 aromatic carbocycles. The zero-order valence-electron chi connectivity index (χ0n) is 5.42. The van der Waals surface area contributed by atoms with E-state index in [2.05, 4.69) is 14.8 Å². The van der Waals surface area contributed by atoms with Crippen molar-refractivity contribution in [3.05, 3.63) is 0 Å². The molecule has 0 saturated carbocycles. The van der Waals surface area contributed by atoms with Crippen LogP contribution in [0.2, 0.25) is 0 Å². The van der Waals surface area contributed by atoms with Crippen molar-refractivity contribution < 1.29 is 19.1 Å². The summed E-state index contributed by atoms with van der Waals surface area (Å²) in [5.74, 6) is -0.434. The number of hydrogen-bond acceptors (Lipinski definition) is 4. The van der Waals surface area contributed by atoms with Crippen LogP contribution in [-0.2, 0) is 14.3 Å². The molecule has 1 rings (SSSR count). The van der Waals surface area contributed by atoms with E-state index in [1.165, 1.54) is 6.92 Å². The van der Waals surface area contributed by atoms with E-state index >= 15 is 0 Å². The van der Waals surface area contributed by atoms with Crippen LogP contribution in [-0.4, -0.2) is 24.9 Å². The summed E-state index contributed by atoms with van der Waals surface area (Å²) in [4.78, 5) is 20.6. The molecular formula is C5H7NO4. The topological polar surface area (TPSA) is 64.6 Å². The summed E-state index contributed by atoms with van der Waals surface area (Å²) in [5, 5.41) is 2.28. The van der Waals surface area contributed by atoms with E-state index in [4.69, 9.17) is 0 Å². The number of alkyl carbamates (subject to hydrolysis) is 1. The van der Waals surface area contributed by atoms with E-state index in [-0.39, 0.29) is 6.61 Å². The Morgan fingerprint density at radius 1 is 1.90 bits per heavy atom. The molecule has 1 fully saturated rings. The van der Waals surface area contributed by atoms with E-state index in [0.717, 1.165) is 0 Å². The molecule has 1 heterocycles. The van der Waals surface area contributed by atoms with Gasteiger partial charge in [0, 0.05) is 6.92 Å². The van der Waals surface area contributed by atoms with Crippen molar-refractivity contribution in [3.63, 3.8) is 0 Å². The minimum Gasteiger partial charge on any atom is -0.443 e. The van der Waals surface area contributed by atoms with E-state index in [0.29, 0.717) is 0 Å². The summed E-state index contributed by atoms with van der Waals surface area (Å²) < 4.78 is 9.02. The molecular weight excluding hydrogens is 138 g/mol. The van der Waals surface area contributed by atoms with Gasteiger partial charge in [-0.25, -0.2) is 4.79 Å². The molecule has 0 aromatic rings. The predicted octanol–water partition coefficient (Wildman–Crippen LogP) is -0.385. The van der Waals surface area contributed by atoms with Gasteiger partial charge in [-0.2, -0.15) is 0 Å². The molecule has 1 N–H and O–H groups in total. The molecule has 0 aliphatic carbocycles. The molecule has 5 heteroatoms. The summed E-state index contributed by atoms with van der Waals surface area (Å²) in [7, 11) is 0. The summed E-state index contributed by atoms with van der Waals surface area (Å²) >= 11 is 0. The highest BCUT2D eigenvalue weighted by Gasteiger charge is 2.23. The number of ether oxygens (including phenoxy) is 2. The van der Waals surface area contributed by atoms with Crippen LogP contribution in [0.5, 0.6) is 0 Å². The van der Waals surface area contributed by atoms with Crippen molar-refractivity contribution in [2.75, 3.05) is 6.61 Å². The number of nitrogens with one attached hydrogen (secondary N) is 1. The van der Waals surface area contributed by atoms with E-state index in [1.54, 1.807) is 0 Å². The molecule has 1 aliphatic rings. The van der Waals surface area contributed by atoms with Gasteiger partial charge in [-0.3, -0.25) is 10.1 Å². The molecule has 0 aromatic heterocycles. The highest BCUT2D eigenvalue weighted by molar-refractivity contribution is 5.71. The number of carbonyl (C=O) groups is 2. The van der Waals surface area contributed by atoms with Gasteiger partial charge in [0.1, 0.15) is 6.61 Å². The number of hydrogen-bond donors (Lipinski definition) is 1. The fourth-order valence-corrected chi connectivity index (χ4v) is 0.630. The zero-order chi connectivity index (χ0) is 7.56. The lowest BCUT2D eigenvalue weighted by molar-refractivity contribution is -0.147. The SMILES string of the molecule is CC(=O)O[C@H]1COC(=O)N1. The average molecular weight is 145 g/mol. The van der Waals surface area contributed by atoms with Crippen LogP contribution in [0.25, 0.3) is 0 Å². The lowest BCUT2D eigenvalue weighted by Crippen LogP contribution is -2.30. The number of amides is 1. The predicted molar refractivity (Wildman–Crippen MR) is 30.0 cm³/mol. The number of esters is 1. The third-order valence-electron chi connectivity index (χ3n) is 0.953. The zero-order valence-corrected chi connectivity index (χ0v) is 5.42. The Morgan fingerprint density at radius 2 is 2.60 bits per heavy atom. The lowest BCUT2D eigenvalue weighted by Gasteiger charge is -2.05. The largest absolute Gasteiger partial charge is 0.443 e. The Balaban J connectivity index is 2.31. The van der Waals surface area contributed by atoms with Crippen molar-refractivity contribution in [3.8, 4) is 0 Å². The van der Waals surface area contributed by atoms with Crippen molar-refractivity contribution >= 4 is 12.1 Å². The molecule has 56 valence electrons. The Bertz CT molecular complexity index is 167.